The van der Waals surface area contributed by atoms with Crippen LogP contribution in [-0.2, 0) is 4.79 Å². The number of hydrogen-bond donors (Lipinski definition) is 0. The number of carbonyl (C=O) groups excluding carboxylic acids is 1. The van der Waals surface area contributed by atoms with E-state index in [9.17, 15) is 4.79 Å². The maximum Gasteiger partial charge on any atom is 0.261 e. The molecule has 1 aromatic carbocycles. The predicted molar refractivity (Wildman–Crippen MR) is 75.5 cm³/mol. The molecule has 0 aliphatic heterocycles. The van der Waals surface area contributed by atoms with Crippen LogP contribution < -0.4 is 9.47 Å². The molecule has 0 fully saturated rings. The van der Waals surface area contributed by atoms with Gasteiger partial charge in [-0.05, 0) is 12.1 Å². The Morgan fingerprint density at radius 2 is 1.79 bits per heavy atom. The van der Waals surface area contributed by atoms with Gasteiger partial charge in [0.2, 0.25) is 0 Å². The average Bonchev–Trinajstić information content (AvgIpc) is 2.44. The molecule has 0 aliphatic rings. The molecule has 0 saturated carbocycles. The van der Waals surface area contributed by atoms with Crippen LogP contribution in [0, 0.1) is 0 Å². The second kappa shape index (κ2) is 7.97. The van der Waals surface area contributed by atoms with Gasteiger partial charge in [0.1, 0.15) is 0 Å². The molecule has 19 heavy (non-hydrogen) atoms. The fraction of sp³-hybridized carbons (Fsp3) is 0.267. The minimum Gasteiger partial charge on any atom is -0.493 e. The fourth-order valence-corrected chi connectivity index (χ4v) is 1.56. The van der Waals surface area contributed by atoms with E-state index in [2.05, 4.69) is 13.2 Å². The number of rotatable bonds is 8. The molecule has 0 saturated heterocycles. The zero-order valence-corrected chi connectivity index (χ0v) is 11.2. The molecule has 0 unspecified atom stereocenters. The largest absolute Gasteiger partial charge is 0.493 e. The van der Waals surface area contributed by atoms with Crippen molar-refractivity contribution in [3.05, 3.63) is 49.6 Å². The van der Waals surface area contributed by atoms with Crippen LogP contribution in [0.15, 0.2) is 49.6 Å². The highest BCUT2D eigenvalue weighted by molar-refractivity contribution is 5.78. The maximum atomic E-state index is 12.0. The molecule has 4 nitrogen and oxygen atoms in total. The van der Waals surface area contributed by atoms with Crippen molar-refractivity contribution in [2.45, 2.75) is 0 Å². The van der Waals surface area contributed by atoms with Crippen molar-refractivity contribution < 1.29 is 14.3 Å². The van der Waals surface area contributed by atoms with Crippen LogP contribution in [0.25, 0.3) is 0 Å². The lowest BCUT2D eigenvalue weighted by Gasteiger charge is -2.19. The molecule has 0 N–H and O–H groups in total. The van der Waals surface area contributed by atoms with Crippen molar-refractivity contribution in [3.63, 3.8) is 0 Å². The zero-order chi connectivity index (χ0) is 14.1. The third-order valence-corrected chi connectivity index (χ3v) is 2.47. The first-order chi connectivity index (χ1) is 9.22. The third kappa shape index (κ3) is 4.50. The number of nitrogens with zero attached hydrogens (tertiary/aromatic N) is 1. The number of methoxy groups -OCH3 is 1. The van der Waals surface area contributed by atoms with E-state index < -0.39 is 0 Å². The maximum absolute atomic E-state index is 12.0. The van der Waals surface area contributed by atoms with Gasteiger partial charge in [0.15, 0.2) is 18.1 Å². The van der Waals surface area contributed by atoms with Gasteiger partial charge in [0, 0.05) is 13.1 Å². The fourth-order valence-electron chi connectivity index (χ4n) is 1.56. The van der Waals surface area contributed by atoms with E-state index in [1.807, 2.05) is 12.1 Å². The first-order valence-electron chi connectivity index (χ1n) is 5.98. The molecule has 1 aromatic rings. The van der Waals surface area contributed by atoms with E-state index in [-0.39, 0.29) is 12.5 Å². The summed E-state index contributed by atoms with van der Waals surface area (Å²) in [6, 6.07) is 7.21. The van der Waals surface area contributed by atoms with Crippen molar-refractivity contribution in [3.8, 4) is 11.5 Å². The van der Waals surface area contributed by atoms with Gasteiger partial charge in [-0.3, -0.25) is 4.79 Å². The van der Waals surface area contributed by atoms with Gasteiger partial charge in [0.25, 0.3) is 5.91 Å². The monoisotopic (exact) mass is 261 g/mol. The minimum atomic E-state index is -0.120. The molecule has 1 rings (SSSR count). The number of para-hydroxylation sites is 2. The first kappa shape index (κ1) is 14.8. The van der Waals surface area contributed by atoms with Gasteiger partial charge >= 0.3 is 0 Å². The van der Waals surface area contributed by atoms with E-state index >= 15 is 0 Å². The quantitative estimate of drug-likeness (QED) is 0.674. The summed E-state index contributed by atoms with van der Waals surface area (Å²) in [6.07, 6.45) is 3.34. The van der Waals surface area contributed by atoms with E-state index in [0.717, 1.165) is 0 Å². The van der Waals surface area contributed by atoms with Crippen molar-refractivity contribution in [2.24, 2.45) is 0 Å². The van der Waals surface area contributed by atoms with E-state index in [1.54, 1.807) is 36.3 Å². The molecule has 0 aliphatic carbocycles. The Morgan fingerprint density at radius 3 is 2.32 bits per heavy atom. The normalized spacial score (nSPS) is 9.53. The lowest BCUT2D eigenvalue weighted by molar-refractivity contribution is -0.132. The highest BCUT2D eigenvalue weighted by Gasteiger charge is 2.12. The van der Waals surface area contributed by atoms with Crippen molar-refractivity contribution in [1.82, 2.24) is 4.90 Å². The number of amides is 1. The lowest BCUT2D eigenvalue weighted by Crippen LogP contribution is -2.35. The minimum absolute atomic E-state index is 0.0396. The van der Waals surface area contributed by atoms with Crippen LogP contribution >= 0.6 is 0 Å². The highest BCUT2D eigenvalue weighted by Crippen LogP contribution is 2.25. The summed E-state index contributed by atoms with van der Waals surface area (Å²) in [5.74, 6) is 1.04. The van der Waals surface area contributed by atoms with Gasteiger partial charge < -0.3 is 14.4 Å². The Morgan fingerprint density at radius 1 is 1.21 bits per heavy atom. The summed E-state index contributed by atoms with van der Waals surface area (Å²) in [5, 5.41) is 0. The molecular weight excluding hydrogens is 242 g/mol. The molecule has 0 bridgehead atoms. The Bertz CT molecular complexity index is 433. The van der Waals surface area contributed by atoms with Crippen molar-refractivity contribution in [1.29, 1.82) is 0 Å². The lowest BCUT2D eigenvalue weighted by atomic mass is 10.3. The van der Waals surface area contributed by atoms with Crippen LogP contribution in [0.5, 0.6) is 11.5 Å². The summed E-state index contributed by atoms with van der Waals surface area (Å²) in [5.41, 5.74) is 0. The van der Waals surface area contributed by atoms with Gasteiger partial charge in [-0.25, -0.2) is 0 Å². The molecule has 0 heterocycles. The predicted octanol–water partition coefficient (Wildman–Crippen LogP) is 2.27. The van der Waals surface area contributed by atoms with Crippen molar-refractivity contribution >= 4 is 5.91 Å². The summed E-state index contributed by atoms with van der Waals surface area (Å²) in [7, 11) is 1.56. The highest BCUT2D eigenvalue weighted by atomic mass is 16.5. The number of benzene rings is 1. The van der Waals surface area contributed by atoms with E-state index in [0.29, 0.717) is 24.6 Å². The summed E-state index contributed by atoms with van der Waals surface area (Å²) >= 11 is 0. The first-order valence-corrected chi connectivity index (χ1v) is 5.98. The number of ether oxygens (including phenoxy) is 2. The topological polar surface area (TPSA) is 38.8 Å². The number of hydrogen-bond acceptors (Lipinski definition) is 3. The molecular formula is C15H19NO3. The Hall–Kier alpha value is -2.23. The van der Waals surface area contributed by atoms with Crippen LogP contribution in [-0.4, -0.2) is 37.6 Å². The second-order valence-corrected chi connectivity index (χ2v) is 3.82. The standard InChI is InChI=1S/C15H19NO3/c1-4-10-16(11-5-2)15(17)12-19-14-9-7-6-8-13(14)18-3/h4-9H,1-2,10-12H2,3H3. The molecule has 1 amide bonds. The van der Waals surface area contributed by atoms with Crippen LogP contribution in [0.1, 0.15) is 0 Å². The van der Waals surface area contributed by atoms with Crippen LogP contribution in [0.2, 0.25) is 0 Å². The zero-order valence-electron chi connectivity index (χ0n) is 11.2. The van der Waals surface area contributed by atoms with Crippen molar-refractivity contribution in [2.75, 3.05) is 26.8 Å². The van der Waals surface area contributed by atoms with Crippen LogP contribution in [0.4, 0.5) is 0 Å². The molecule has 102 valence electrons. The molecule has 0 spiro atoms. The number of carbonyl (C=O) groups is 1. The third-order valence-electron chi connectivity index (χ3n) is 2.47. The average molecular weight is 261 g/mol. The molecule has 4 heteroatoms. The SMILES string of the molecule is C=CCN(CC=C)C(=O)COc1ccccc1OC. The van der Waals surface area contributed by atoms with E-state index in [1.165, 1.54) is 0 Å². The second-order valence-electron chi connectivity index (χ2n) is 3.82. The smallest absolute Gasteiger partial charge is 0.261 e. The van der Waals surface area contributed by atoms with Crippen LogP contribution in [0.3, 0.4) is 0 Å². The van der Waals surface area contributed by atoms with Gasteiger partial charge in [-0.2, -0.15) is 0 Å². The van der Waals surface area contributed by atoms with E-state index in [4.69, 9.17) is 9.47 Å². The summed E-state index contributed by atoms with van der Waals surface area (Å²) in [4.78, 5) is 13.6. The summed E-state index contributed by atoms with van der Waals surface area (Å²) in [6.45, 7) is 8.15. The van der Waals surface area contributed by atoms with Gasteiger partial charge in [-0.15, -0.1) is 13.2 Å². The Kier molecular flexibility index (Phi) is 6.22. The Balaban J connectivity index is 2.61. The summed E-state index contributed by atoms with van der Waals surface area (Å²) < 4.78 is 10.6. The molecule has 0 atom stereocenters. The Labute approximate surface area is 113 Å². The molecule has 0 radical (unpaired) electrons. The molecule has 0 aromatic heterocycles. The van der Waals surface area contributed by atoms with Gasteiger partial charge in [-0.1, -0.05) is 24.3 Å². The van der Waals surface area contributed by atoms with Gasteiger partial charge in [0.05, 0.1) is 7.11 Å².